The second-order valence-corrected chi connectivity index (χ2v) is 4.18. The van der Waals surface area contributed by atoms with Crippen LogP contribution in [0.3, 0.4) is 0 Å². The Morgan fingerprint density at radius 3 is 3.00 bits per heavy atom. The lowest BCUT2D eigenvalue weighted by Crippen LogP contribution is -2.32. The number of rotatable bonds is 6. The quantitative estimate of drug-likeness (QED) is 0.793. The van der Waals surface area contributed by atoms with E-state index in [-0.39, 0.29) is 0 Å². The second kappa shape index (κ2) is 5.97. The number of hydrogen-bond donors (Lipinski definition) is 1. The van der Waals surface area contributed by atoms with Crippen molar-refractivity contribution in [2.75, 3.05) is 31.6 Å². The summed E-state index contributed by atoms with van der Waals surface area (Å²) in [5.74, 6) is 0.619. The van der Waals surface area contributed by atoms with E-state index < -0.39 is 0 Å². The molecule has 1 saturated heterocycles. The van der Waals surface area contributed by atoms with Crippen LogP contribution in [0.4, 0.5) is 6.01 Å². The zero-order chi connectivity index (χ0) is 12.1. The normalized spacial score (nSPS) is 19.8. The first-order valence-corrected chi connectivity index (χ1v) is 6.17. The lowest BCUT2D eigenvalue weighted by molar-refractivity contribution is 0.115. The Bertz CT molecular complexity index is 336. The third-order valence-electron chi connectivity index (χ3n) is 2.88. The molecular weight excluding hydrogens is 220 g/mol. The molecular formula is C11H20N4O2. The van der Waals surface area contributed by atoms with E-state index in [1.54, 1.807) is 0 Å². The molecule has 1 fully saturated rings. The van der Waals surface area contributed by atoms with Gasteiger partial charge in [-0.05, 0) is 26.8 Å². The molecule has 17 heavy (non-hydrogen) atoms. The zero-order valence-corrected chi connectivity index (χ0v) is 10.5. The number of ether oxygens (including phenoxy) is 1. The molecule has 0 saturated carbocycles. The van der Waals surface area contributed by atoms with E-state index >= 15 is 0 Å². The van der Waals surface area contributed by atoms with Gasteiger partial charge in [0.2, 0.25) is 5.89 Å². The summed E-state index contributed by atoms with van der Waals surface area (Å²) in [5, 5.41) is 11.0. The topological polar surface area (TPSA) is 63.4 Å². The van der Waals surface area contributed by atoms with Crippen molar-refractivity contribution in [2.24, 2.45) is 0 Å². The van der Waals surface area contributed by atoms with Crippen molar-refractivity contribution in [2.45, 2.75) is 32.4 Å². The predicted octanol–water partition coefficient (Wildman–Crippen LogP) is 0.794. The molecule has 0 radical (unpaired) electrons. The van der Waals surface area contributed by atoms with Crippen LogP contribution >= 0.6 is 0 Å². The van der Waals surface area contributed by atoms with E-state index in [0.717, 1.165) is 32.5 Å². The molecule has 0 aliphatic carbocycles. The smallest absolute Gasteiger partial charge is 0.318 e. The van der Waals surface area contributed by atoms with Crippen molar-refractivity contribution >= 4 is 6.01 Å². The summed E-state index contributed by atoms with van der Waals surface area (Å²) in [7, 11) is 1.85. The van der Waals surface area contributed by atoms with Gasteiger partial charge < -0.3 is 19.4 Å². The number of nitrogens with zero attached hydrogens (tertiary/aromatic N) is 3. The van der Waals surface area contributed by atoms with Gasteiger partial charge in [0.15, 0.2) is 0 Å². The van der Waals surface area contributed by atoms with Crippen molar-refractivity contribution < 1.29 is 9.15 Å². The Morgan fingerprint density at radius 1 is 1.47 bits per heavy atom. The summed E-state index contributed by atoms with van der Waals surface area (Å²) >= 11 is 0. The maximum atomic E-state index is 5.62. The molecule has 2 heterocycles. The van der Waals surface area contributed by atoms with Gasteiger partial charge in [-0.25, -0.2) is 0 Å². The summed E-state index contributed by atoms with van der Waals surface area (Å²) in [6.45, 7) is 5.23. The van der Waals surface area contributed by atoms with Crippen molar-refractivity contribution in [1.29, 1.82) is 0 Å². The fourth-order valence-electron chi connectivity index (χ4n) is 1.97. The van der Waals surface area contributed by atoms with Crippen LogP contribution in [0.2, 0.25) is 0 Å². The molecule has 1 aromatic rings. The zero-order valence-electron chi connectivity index (χ0n) is 10.5. The largest absolute Gasteiger partial charge is 0.407 e. The maximum absolute atomic E-state index is 5.62. The molecule has 1 unspecified atom stereocenters. The molecule has 1 N–H and O–H groups in total. The number of nitrogens with one attached hydrogen (secondary N) is 1. The fourth-order valence-corrected chi connectivity index (χ4v) is 1.97. The highest BCUT2D eigenvalue weighted by Crippen LogP contribution is 2.17. The molecule has 6 nitrogen and oxygen atoms in total. The average molecular weight is 240 g/mol. The minimum Gasteiger partial charge on any atom is -0.407 e. The van der Waals surface area contributed by atoms with E-state index in [1.807, 2.05) is 7.05 Å². The van der Waals surface area contributed by atoms with Gasteiger partial charge in [-0.2, -0.15) is 0 Å². The molecule has 1 aliphatic heterocycles. The summed E-state index contributed by atoms with van der Waals surface area (Å²) in [6, 6.07) is 0.591. The van der Waals surface area contributed by atoms with Gasteiger partial charge in [-0.1, -0.05) is 5.10 Å². The van der Waals surface area contributed by atoms with Crippen molar-refractivity contribution in [1.82, 2.24) is 15.5 Å². The third kappa shape index (κ3) is 3.17. The Labute approximate surface area is 101 Å². The molecule has 1 atom stereocenters. The van der Waals surface area contributed by atoms with Gasteiger partial charge in [0.1, 0.15) is 0 Å². The summed E-state index contributed by atoms with van der Waals surface area (Å²) in [5.41, 5.74) is 0. The second-order valence-electron chi connectivity index (χ2n) is 4.18. The number of likely N-dealkylation sites (N-methyl/N-ethyl adjacent to an activating group) is 1. The average Bonchev–Trinajstić information content (AvgIpc) is 2.97. The minimum absolute atomic E-state index is 0.301. The standard InChI is InChI=1S/C11H20N4O2/c1-3-15(8-9-5-4-6-16-9)11-14-13-10(17-11)7-12-2/h9,12H,3-8H2,1-2H3. The van der Waals surface area contributed by atoms with Crippen LogP contribution in [0.15, 0.2) is 4.42 Å². The van der Waals surface area contributed by atoms with Crippen LogP contribution in [-0.2, 0) is 11.3 Å². The van der Waals surface area contributed by atoms with Gasteiger partial charge in [-0.15, -0.1) is 5.10 Å². The first kappa shape index (κ1) is 12.3. The van der Waals surface area contributed by atoms with Gasteiger partial charge in [-0.3, -0.25) is 0 Å². The number of hydrogen-bond acceptors (Lipinski definition) is 6. The number of aromatic nitrogens is 2. The lowest BCUT2D eigenvalue weighted by Gasteiger charge is -2.21. The van der Waals surface area contributed by atoms with Gasteiger partial charge >= 0.3 is 6.01 Å². The molecule has 0 amide bonds. The highest BCUT2D eigenvalue weighted by atomic mass is 16.5. The molecule has 1 aromatic heterocycles. The minimum atomic E-state index is 0.301. The molecule has 1 aliphatic rings. The highest BCUT2D eigenvalue weighted by Gasteiger charge is 2.21. The van der Waals surface area contributed by atoms with Gasteiger partial charge in [0.25, 0.3) is 0 Å². The van der Waals surface area contributed by atoms with E-state index in [1.165, 1.54) is 0 Å². The first-order valence-electron chi connectivity index (χ1n) is 6.17. The molecule has 0 spiro atoms. The van der Waals surface area contributed by atoms with Gasteiger partial charge in [0, 0.05) is 19.7 Å². The SMILES string of the molecule is CCN(CC1CCCO1)c1nnc(CNC)o1. The van der Waals surface area contributed by atoms with E-state index in [2.05, 4.69) is 27.3 Å². The molecule has 6 heteroatoms. The maximum Gasteiger partial charge on any atom is 0.318 e. The fraction of sp³-hybridized carbons (Fsp3) is 0.818. The van der Waals surface area contributed by atoms with E-state index in [4.69, 9.17) is 9.15 Å². The number of anilines is 1. The van der Waals surface area contributed by atoms with Crippen molar-refractivity contribution in [3.8, 4) is 0 Å². The van der Waals surface area contributed by atoms with Gasteiger partial charge in [0.05, 0.1) is 12.6 Å². The monoisotopic (exact) mass is 240 g/mol. The van der Waals surface area contributed by atoms with Crippen LogP contribution in [0.25, 0.3) is 0 Å². The van der Waals surface area contributed by atoms with Crippen molar-refractivity contribution in [3.63, 3.8) is 0 Å². The van der Waals surface area contributed by atoms with Crippen LogP contribution in [-0.4, -0.2) is 43.0 Å². The first-order chi connectivity index (χ1) is 8.33. The highest BCUT2D eigenvalue weighted by molar-refractivity contribution is 5.23. The Kier molecular flexibility index (Phi) is 4.33. The molecule has 0 aromatic carbocycles. The van der Waals surface area contributed by atoms with Crippen LogP contribution in [0.5, 0.6) is 0 Å². The molecule has 96 valence electrons. The Morgan fingerprint density at radius 2 is 2.35 bits per heavy atom. The predicted molar refractivity (Wildman–Crippen MR) is 63.9 cm³/mol. The summed E-state index contributed by atoms with van der Waals surface area (Å²) in [4.78, 5) is 2.07. The van der Waals surface area contributed by atoms with Crippen molar-refractivity contribution in [3.05, 3.63) is 5.89 Å². The van der Waals surface area contributed by atoms with Crippen LogP contribution in [0.1, 0.15) is 25.7 Å². The summed E-state index contributed by atoms with van der Waals surface area (Å²) in [6.07, 6.45) is 2.57. The molecule has 0 bridgehead atoms. The van der Waals surface area contributed by atoms with E-state index in [9.17, 15) is 0 Å². The van der Waals surface area contributed by atoms with Crippen LogP contribution < -0.4 is 10.2 Å². The summed E-state index contributed by atoms with van der Waals surface area (Å²) < 4.78 is 11.2. The lowest BCUT2D eigenvalue weighted by atomic mass is 10.2. The van der Waals surface area contributed by atoms with E-state index in [0.29, 0.717) is 24.6 Å². The third-order valence-corrected chi connectivity index (χ3v) is 2.88. The van der Waals surface area contributed by atoms with Crippen LogP contribution in [0, 0.1) is 0 Å². The Hall–Kier alpha value is -1.14. The molecule has 2 rings (SSSR count). The Balaban J connectivity index is 1.95.